The number of ether oxygens (including phenoxy) is 3. The Hall–Kier alpha value is -0.640. The lowest BCUT2D eigenvalue weighted by Crippen LogP contribution is -2.54. The number of hydrogen-bond donors (Lipinski definition) is 0. The highest BCUT2D eigenvalue weighted by molar-refractivity contribution is 5.17. The summed E-state index contributed by atoms with van der Waals surface area (Å²) >= 11 is 0. The quantitative estimate of drug-likeness (QED) is 0.500. The Morgan fingerprint density at radius 2 is 1.19 bits per heavy atom. The van der Waals surface area contributed by atoms with Gasteiger partial charge in [-0.1, -0.05) is 11.1 Å². The Morgan fingerprint density at radius 1 is 0.905 bits per heavy atom. The predicted octanol–water partition coefficient (Wildman–Crippen LogP) is 4.03. The Morgan fingerprint density at radius 3 is 1.38 bits per heavy atom. The van der Waals surface area contributed by atoms with Crippen molar-refractivity contribution in [2.75, 3.05) is 13.2 Å². The third-order valence-electron chi connectivity index (χ3n) is 4.87. The summed E-state index contributed by atoms with van der Waals surface area (Å²) in [4.78, 5) is 0. The lowest BCUT2D eigenvalue weighted by atomic mass is 9.82. The van der Waals surface area contributed by atoms with Gasteiger partial charge in [-0.2, -0.15) is 0 Å². The lowest BCUT2D eigenvalue weighted by Gasteiger charge is -2.43. The lowest BCUT2D eigenvalue weighted by molar-refractivity contribution is -0.182. The van der Waals surface area contributed by atoms with Crippen LogP contribution in [0.15, 0.2) is 24.3 Å². The summed E-state index contributed by atoms with van der Waals surface area (Å²) in [5.41, 5.74) is 1.00. The predicted molar refractivity (Wildman–Crippen MR) is 85.5 cm³/mol. The van der Waals surface area contributed by atoms with Gasteiger partial charge in [-0.05, 0) is 41.5 Å². The van der Waals surface area contributed by atoms with Crippen molar-refractivity contribution in [3.63, 3.8) is 0 Å². The van der Waals surface area contributed by atoms with E-state index in [1.165, 1.54) is 0 Å². The van der Waals surface area contributed by atoms with Crippen LogP contribution in [0.3, 0.4) is 0 Å². The van der Waals surface area contributed by atoms with Crippen molar-refractivity contribution < 1.29 is 14.2 Å². The van der Waals surface area contributed by atoms with Crippen LogP contribution >= 0.6 is 0 Å². The van der Waals surface area contributed by atoms with Gasteiger partial charge in [-0.3, -0.25) is 0 Å². The van der Waals surface area contributed by atoms with E-state index in [0.29, 0.717) is 0 Å². The summed E-state index contributed by atoms with van der Waals surface area (Å²) in [7, 11) is 0. The highest BCUT2D eigenvalue weighted by atomic mass is 16.7. The van der Waals surface area contributed by atoms with E-state index in [1.54, 1.807) is 0 Å². The third-order valence-corrected chi connectivity index (χ3v) is 4.87. The van der Waals surface area contributed by atoms with E-state index in [2.05, 4.69) is 40.9 Å². The number of rotatable bonds is 8. The summed E-state index contributed by atoms with van der Waals surface area (Å²) in [6.07, 6.45) is 1.68. The van der Waals surface area contributed by atoms with Crippen LogP contribution in [-0.2, 0) is 14.2 Å². The van der Waals surface area contributed by atoms with Gasteiger partial charge < -0.3 is 14.2 Å². The van der Waals surface area contributed by atoms with Crippen LogP contribution in [0.1, 0.15) is 54.4 Å². The molecular weight excluding hydrogens is 264 g/mol. The molecular formula is C18H30O3. The van der Waals surface area contributed by atoms with Crippen LogP contribution < -0.4 is 0 Å². The third kappa shape index (κ3) is 3.10. The highest BCUT2D eigenvalue weighted by Gasteiger charge is 2.64. The van der Waals surface area contributed by atoms with E-state index in [1.807, 2.05) is 13.8 Å². The molecule has 0 spiro atoms. The van der Waals surface area contributed by atoms with Crippen molar-refractivity contribution in [1.29, 1.82) is 0 Å². The zero-order valence-electron chi connectivity index (χ0n) is 14.5. The molecule has 2 unspecified atom stereocenters. The smallest absolute Gasteiger partial charge is 0.123 e. The highest BCUT2D eigenvalue weighted by Crippen LogP contribution is 2.52. The molecule has 0 aromatic rings. The normalized spacial score (nSPS) is 31.9. The topological polar surface area (TPSA) is 34.3 Å². The molecule has 2 saturated heterocycles. The van der Waals surface area contributed by atoms with Crippen molar-refractivity contribution in [1.82, 2.24) is 0 Å². The Bertz CT molecular complexity index is 409. The molecule has 120 valence electrons. The molecule has 2 atom stereocenters. The van der Waals surface area contributed by atoms with Crippen molar-refractivity contribution in [2.45, 2.75) is 76.8 Å². The molecule has 0 saturated carbocycles. The Kier molecular flexibility index (Phi) is 3.93. The minimum Gasteiger partial charge on any atom is -0.366 e. The second-order valence-electron chi connectivity index (χ2n) is 7.96. The molecule has 2 aliphatic rings. The van der Waals surface area contributed by atoms with Crippen LogP contribution in [0.25, 0.3) is 0 Å². The summed E-state index contributed by atoms with van der Waals surface area (Å²) in [6.45, 7) is 22.0. The monoisotopic (exact) mass is 294 g/mol. The minimum absolute atomic E-state index is 0.241. The maximum Gasteiger partial charge on any atom is 0.123 e. The molecule has 0 radical (unpaired) electrons. The van der Waals surface area contributed by atoms with Crippen molar-refractivity contribution in [3.05, 3.63) is 24.3 Å². The van der Waals surface area contributed by atoms with Gasteiger partial charge in [-0.25, -0.2) is 0 Å². The first-order valence-corrected chi connectivity index (χ1v) is 7.72. The summed E-state index contributed by atoms with van der Waals surface area (Å²) in [5.74, 6) is 0. The first kappa shape index (κ1) is 16.7. The van der Waals surface area contributed by atoms with Crippen molar-refractivity contribution in [3.8, 4) is 0 Å². The first-order chi connectivity index (χ1) is 9.45. The molecule has 2 rings (SSSR count). The van der Waals surface area contributed by atoms with Gasteiger partial charge in [-0.15, -0.1) is 13.2 Å². The molecule has 0 aromatic heterocycles. The van der Waals surface area contributed by atoms with E-state index < -0.39 is 0 Å². The van der Waals surface area contributed by atoms with Gasteiger partial charge in [0, 0.05) is 12.8 Å². The summed E-state index contributed by atoms with van der Waals surface area (Å²) in [6, 6.07) is 0. The van der Waals surface area contributed by atoms with E-state index in [9.17, 15) is 0 Å². The molecule has 0 bridgehead atoms. The first-order valence-electron chi connectivity index (χ1n) is 7.72. The summed E-state index contributed by atoms with van der Waals surface area (Å²) in [5, 5.41) is 0. The maximum atomic E-state index is 6.55. The fourth-order valence-electron chi connectivity index (χ4n) is 3.30. The molecule has 3 heteroatoms. The molecule has 0 N–H and O–H groups in total. The largest absolute Gasteiger partial charge is 0.366 e. The Balaban J connectivity index is 2.12. The fraction of sp³-hybridized carbons (Fsp3) is 0.778. The second kappa shape index (κ2) is 4.94. The zero-order valence-corrected chi connectivity index (χ0v) is 14.5. The zero-order chi connectivity index (χ0) is 16.1. The van der Waals surface area contributed by atoms with Gasteiger partial charge in [0.1, 0.15) is 11.2 Å². The van der Waals surface area contributed by atoms with Crippen LogP contribution in [0.4, 0.5) is 0 Å². The van der Waals surface area contributed by atoms with Gasteiger partial charge in [0.15, 0.2) is 0 Å². The average Bonchev–Trinajstić information content (AvgIpc) is 3.10. The standard InChI is InChI=1S/C18H30O3/c1-13(2)9-17(11-19-17)15(5,6)21-16(7,8)18(12-20-18)10-14(3)4/h1,3,9-12H2,2,4-8H3. The van der Waals surface area contributed by atoms with Crippen molar-refractivity contribution >= 4 is 0 Å². The Labute approximate surface area is 129 Å². The molecule has 21 heavy (non-hydrogen) atoms. The molecule has 2 heterocycles. The van der Waals surface area contributed by atoms with Gasteiger partial charge in [0.25, 0.3) is 0 Å². The number of epoxide rings is 2. The minimum atomic E-state index is -0.385. The molecule has 3 nitrogen and oxygen atoms in total. The molecule has 0 aliphatic carbocycles. The maximum absolute atomic E-state index is 6.55. The van der Waals surface area contributed by atoms with Crippen LogP contribution in [0.2, 0.25) is 0 Å². The number of hydrogen-bond acceptors (Lipinski definition) is 3. The summed E-state index contributed by atoms with van der Waals surface area (Å²) < 4.78 is 18.1. The van der Waals surface area contributed by atoms with Gasteiger partial charge in [0.05, 0.1) is 24.4 Å². The van der Waals surface area contributed by atoms with Crippen LogP contribution in [0.5, 0.6) is 0 Å². The van der Waals surface area contributed by atoms with E-state index in [0.717, 1.165) is 37.2 Å². The molecule has 2 fully saturated rings. The molecule has 2 aliphatic heterocycles. The fourth-order valence-corrected chi connectivity index (χ4v) is 3.30. The van der Waals surface area contributed by atoms with Gasteiger partial charge >= 0.3 is 0 Å². The molecule has 0 amide bonds. The SMILES string of the molecule is C=C(C)CC1(C(C)(C)OC(C)(C)C2(CC(=C)C)CO2)CO1. The van der Waals surface area contributed by atoms with Crippen molar-refractivity contribution in [2.24, 2.45) is 0 Å². The average molecular weight is 294 g/mol. The molecule has 0 aromatic carbocycles. The van der Waals surface area contributed by atoms with E-state index in [4.69, 9.17) is 14.2 Å². The van der Waals surface area contributed by atoms with Gasteiger partial charge in [0.2, 0.25) is 0 Å². The second-order valence-corrected chi connectivity index (χ2v) is 7.96. The van der Waals surface area contributed by atoms with E-state index >= 15 is 0 Å². The van der Waals surface area contributed by atoms with Crippen LogP contribution in [0, 0.1) is 0 Å². The van der Waals surface area contributed by atoms with E-state index in [-0.39, 0.29) is 22.4 Å². The van der Waals surface area contributed by atoms with Crippen LogP contribution in [-0.4, -0.2) is 35.6 Å².